The smallest absolute Gasteiger partial charge is 0.221 e. The SMILES string of the molecule is COc1ccc(Cl)cc1NCCC(=O)NCCN(C)C. The molecular weight excluding hydrogens is 278 g/mol. The average Bonchev–Trinajstić information content (AvgIpc) is 2.38. The largest absolute Gasteiger partial charge is 0.495 e. The maximum atomic E-state index is 11.6. The zero-order valence-corrected chi connectivity index (χ0v) is 13.0. The van der Waals surface area contributed by atoms with Crippen LogP contribution in [-0.4, -0.2) is 51.6 Å². The number of nitrogens with one attached hydrogen (secondary N) is 2. The quantitative estimate of drug-likeness (QED) is 0.769. The molecule has 0 fully saturated rings. The van der Waals surface area contributed by atoms with E-state index in [4.69, 9.17) is 16.3 Å². The first-order chi connectivity index (χ1) is 9.52. The van der Waals surface area contributed by atoms with Gasteiger partial charge in [-0.15, -0.1) is 0 Å². The van der Waals surface area contributed by atoms with E-state index in [1.165, 1.54) is 0 Å². The Balaban J connectivity index is 2.33. The van der Waals surface area contributed by atoms with E-state index in [9.17, 15) is 4.79 Å². The molecule has 0 spiro atoms. The molecule has 1 aromatic rings. The van der Waals surface area contributed by atoms with Crippen LogP contribution in [-0.2, 0) is 4.79 Å². The molecule has 20 heavy (non-hydrogen) atoms. The lowest BCUT2D eigenvalue weighted by Gasteiger charge is -2.12. The lowest BCUT2D eigenvalue weighted by molar-refractivity contribution is -0.120. The Morgan fingerprint density at radius 2 is 2.10 bits per heavy atom. The monoisotopic (exact) mass is 299 g/mol. The highest BCUT2D eigenvalue weighted by Crippen LogP contribution is 2.27. The van der Waals surface area contributed by atoms with E-state index >= 15 is 0 Å². The van der Waals surface area contributed by atoms with Crippen molar-refractivity contribution in [1.82, 2.24) is 10.2 Å². The van der Waals surface area contributed by atoms with Gasteiger partial charge < -0.3 is 20.3 Å². The molecule has 0 saturated heterocycles. The predicted octanol–water partition coefficient (Wildman–Crippen LogP) is 1.83. The van der Waals surface area contributed by atoms with E-state index in [2.05, 4.69) is 10.6 Å². The Hall–Kier alpha value is -1.46. The molecule has 0 saturated carbocycles. The fourth-order valence-corrected chi connectivity index (χ4v) is 1.81. The Labute approximate surface area is 125 Å². The number of rotatable bonds is 8. The second-order valence-corrected chi connectivity index (χ2v) is 5.11. The molecule has 0 heterocycles. The number of benzene rings is 1. The first-order valence-electron chi connectivity index (χ1n) is 6.51. The van der Waals surface area contributed by atoms with Crippen LogP contribution in [0.2, 0.25) is 5.02 Å². The van der Waals surface area contributed by atoms with Crippen molar-refractivity contribution in [3.05, 3.63) is 23.2 Å². The van der Waals surface area contributed by atoms with Gasteiger partial charge in [-0.2, -0.15) is 0 Å². The van der Waals surface area contributed by atoms with Crippen LogP contribution < -0.4 is 15.4 Å². The summed E-state index contributed by atoms with van der Waals surface area (Å²) in [6, 6.07) is 5.34. The molecule has 1 aromatic carbocycles. The third-order valence-electron chi connectivity index (χ3n) is 2.71. The number of halogens is 1. The van der Waals surface area contributed by atoms with Crippen LogP contribution in [0.1, 0.15) is 6.42 Å². The Morgan fingerprint density at radius 1 is 1.35 bits per heavy atom. The molecular formula is C14H22ClN3O2. The Kier molecular flexibility index (Phi) is 7.18. The lowest BCUT2D eigenvalue weighted by atomic mass is 10.2. The number of methoxy groups -OCH3 is 1. The molecule has 1 rings (SSSR count). The molecule has 6 heteroatoms. The molecule has 0 radical (unpaired) electrons. The van der Waals surface area contributed by atoms with E-state index in [1.807, 2.05) is 19.0 Å². The van der Waals surface area contributed by atoms with Crippen molar-refractivity contribution in [2.45, 2.75) is 6.42 Å². The second-order valence-electron chi connectivity index (χ2n) is 4.67. The van der Waals surface area contributed by atoms with Crippen LogP contribution in [0.15, 0.2) is 18.2 Å². The van der Waals surface area contributed by atoms with Crippen molar-refractivity contribution in [2.24, 2.45) is 0 Å². The number of likely N-dealkylation sites (N-methyl/N-ethyl adjacent to an activating group) is 1. The summed E-state index contributed by atoms with van der Waals surface area (Å²) < 4.78 is 5.22. The molecule has 0 atom stereocenters. The van der Waals surface area contributed by atoms with Gasteiger partial charge in [-0.05, 0) is 32.3 Å². The molecule has 112 valence electrons. The van der Waals surface area contributed by atoms with E-state index < -0.39 is 0 Å². The Bertz CT molecular complexity index is 438. The lowest BCUT2D eigenvalue weighted by Crippen LogP contribution is -2.32. The van der Waals surface area contributed by atoms with Crippen molar-refractivity contribution < 1.29 is 9.53 Å². The first kappa shape index (κ1) is 16.6. The summed E-state index contributed by atoms with van der Waals surface area (Å²) in [5, 5.41) is 6.65. The highest BCUT2D eigenvalue weighted by Gasteiger charge is 2.05. The molecule has 0 aliphatic rings. The van der Waals surface area contributed by atoms with Crippen molar-refractivity contribution in [1.29, 1.82) is 0 Å². The second kappa shape index (κ2) is 8.66. The fraction of sp³-hybridized carbons (Fsp3) is 0.500. The van der Waals surface area contributed by atoms with Gasteiger partial charge in [-0.1, -0.05) is 11.6 Å². The molecule has 0 aromatic heterocycles. The molecule has 2 N–H and O–H groups in total. The van der Waals surface area contributed by atoms with Gasteiger partial charge in [0.05, 0.1) is 12.8 Å². The van der Waals surface area contributed by atoms with Gasteiger partial charge in [0, 0.05) is 31.1 Å². The van der Waals surface area contributed by atoms with Crippen LogP contribution in [0.3, 0.4) is 0 Å². The number of anilines is 1. The topological polar surface area (TPSA) is 53.6 Å². The molecule has 0 aliphatic heterocycles. The van der Waals surface area contributed by atoms with E-state index in [1.54, 1.807) is 25.3 Å². The summed E-state index contributed by atoms with van der Waals surface area (Å²) in [6.07, 6.45) is 0.406. The summed E-state index contributed by atoms with van der Waals surface area (Å²) in [5.41, 5.74) is 0.793. The van der Waals surface area contributed by atoms with E-state index in [0.717, 1.165) is 12.2 Å². The number of hydrogen-bond donors (Lipinski definition) is 2. The maximum absolute atomic E-state index is 11.6. The molecule has 0 bridgehead atoms. The van der Waals surface area contributed by atoms with Crippen molar-refractivity contribution >= 4 is 23.2 Å². The minimum absolute atomic E-state index is 0.0281. The van der Waals surface area contributed by atoms with Gasteiger partial charge in [0.15, 0.2) is 0 Å². The zero-order valence-electron chi connectivity index (χ0n) is 12.2. The third-order valence-corrected chi connectivity index (χ3v) is 2.95. The predicted molar refractivity (Wildman–Crippen MR) is 82.7 cm³/mol. The normalized spacial score (nSPS) is 10.4. The standard InChI is InChI=1S/C14H22ClN3O2/c1-18(2)9-8-17-14(19)6-7-16-12-10-11(15)4-5-13(12)20-3/h4-5,10,16H,6-9H2,1-3H3,(H,17,19). The van der Waals surface area contributed by atoms with E-state index in [-0.39, 0.29) is 5.91 Å². The average molecular weight is 300 g/mol. The van der Waals surface area contributed by atoms with Crippen molar-refractivity contribution in [2.75, 3.05) is 46.2 Å². The minimum atomic E-state index is 0.0281. The van der Waals surface area contributed by atoms with Gasteiger partial charge in [-0.25, -0.2) is 0 Å². The number of nitrogens with zero attached hydrogens (tertiary/aromatic N) is 1. The van der Waals surface area contributed by atoms with Crippen LogP contribution in [0.5, 0.6) is 5.75 Å². The van der Waals surface area contributed by atoms with Gasteiger partial charge >= 0.3 is 0 Å². The highest BCUT2D eigenvalue weighted by molar-refractivity contribution is 6.30. The van der Waals surface area contributed by atoms with Crippen LogP contribution in [0, 0.1) is 0 Å². The highest BCUT2D eigenvalue weighted by atomic mass is 35.5. The third kappa shape index (κ3) is 6.12. The van der Waals surface area contributed by atoms with Crippen molar-refractivity contribution in [3.63, 3.8) is 0 Å². The number of carbonyl (C=O) groups is 1. The summed E-state index contributed by atoms with van der Waals surface area (Å²) in [5.74, 6) is 0.739. The number of amides is 1. The molecule has 0 unspecified atom stereocenters. The summed E-state index contributed by atoms with van der Waals surface area (Å²) in [4.78, 5) is 13.6. The maximum Gasteiger partial charge on any atom is 0.221 e. The minimum Gasteiger partial charge on any atom is -0.495 e. The summed E-state index contributed by atoms with van der Waals surface area (Å²) >= 11 is 5.93. The van der Waals surface area contributed by atoms with Crippen LogP contribution >= 0.6 is 11.6 Å². The van der Waals surface area contributed by atoms with Gasteiger partial charge in [-0.3, -0.25) is 4.79 Å². The zero-order chi connectivity index (χ0) is 15.0. The first-order valence-corrected chi connectivity index (χ1v) is 6.89. The fourth-order valence-electron chi connectivity index (χ4n) is 1.64. The van der Waals surface area contributed by atoms with Crippen LogP contribution in [0.25, 0.3) is 0 Å². The molecule has 1 amide bonds. The number of carbonyl (C=O) groups excluding carboxylic acids is 1. The van der Waals surface area contributed by atoms with Crippen molar-refractivity contribution in [3.8, 4) is 5.75 Å². The van der Waals surface area contributed by atoms with Gasteiger partial charge in [0.1, 0.15) is 5.75 Å². The Morgan fingerprint density at radius 3 is 2.75 bits per heavy atom. The summed E-state index contributed by atoms with van der Waals surface area (Å²) in [6.45, 7) is 2.03. The molecule has 0 aliphatic carbocycles. The van der Waals surface area contributed by atoms with Gasteiger partial charge in [0.2, 0.25) is 5.91 Å². The van der Waals surface area contributed by atoms with Crippen LogP contribution in [0.4, 0.5) is 5.69 Å². The van der Waals surface area contributed by atoms with Gasteiger partial charge in [0.25, 0.3) is 0 Å². The molecule has 5 nitrogen and oxygen atoms in total. The van der Waals surface area contributed by atoms with E-state index in [0.29, 0.717) is 30.3 Å². The number of hydrogen-bond acceptors (Lipinski definition) is 4. The number of ether oxygens (including phenoxy) is 1. The summed E-state index contributed by atoms with van der Waals surface area (Å²) in [7, 11) is 5.54.